The van der Waals surface area contributed by atoms with Crippen LogP contribution in [0.15, 0.2) is 45.9 Å². The largest absolute Gasteiger partial charge is 0.443 e. The zero-order valence-corrected chi connectivity index (χ0v) is 25.1. The molecule has 224 valence electrons. The Labute approximate surface area is 247 Å². The summed E-state index contributed by atoms with van der Waals surface area (Å²) in [5.74, 6) is 0. The third-order valence-electron chi connectivity index (χ3n) is 5.14. The normalized spacial score (nSPS) is 12.3. The highest BCUT2D eigenvalue weighted by Gasteiger charge is 2.27. The van der Waals surface area contributed by atoms with Crippen LogP contribution in [0.5, 0.6) is 0 Å². The molecule has 16 heteroatoms. The Kier molecular flexibility index (Phi) is 10.2. The third-order valence-corrected chi connectivity index (χ3v) is 6.06. The molecule has 0 atom stereocenters. The van der Waals surface area contributed by atoms with Gasteiger partial charge in [0.2, 0.25) is 0 Å². The number of fused-ring (bicyclic) bond motifs is 2. The van der Waals surface area contributed by atoms with Gasteiger partial charge in [-0.05, 0) is 45.0 Å². The number of nitrogens with zero attached hydrogens (tertiary/aromatic N) is 3. The van der Waals surface area contributed by atoms with Crippen LogP contribution in [0, 0.1) is 0 Å². The lowest BCUT2D eigenvalue weighted by Crippen LogP contribution is -2.26. The van der Waals surface area contributed by atoms with Crippen molar-refractivity contribution in [2.45, 2.75) is 51.6 Å². The first-order valence-corrected chi connectivity index (χ1v) is 13.6. The fraction of sp³-hybridized carbons (Fsp3) is 0.400. The van der Waals surface area contributed by atoms with E-state index >= 15 is 0 Å². The van der Waals surface area contributed by atoms with Crippen molar-refractivity contribution in [3.05, 3.63) is 45.9 Å². The molecule has 0 amide bonds. The summed E-state index contributed by atoms with van der Waals surface area (Å²) in [7, 11) is 0. The first-order chi connectivity index (χ1) is 18.9. The molecular weight excluding hydrogens is 690 g/mol. The molecule has 0 aliphatic carbocycles. The molecule has 0 fully saturated rings. The first-order valence-electron chi connectivity index (χ1n) is 12.1. The van der Waals surface area contributed by atoms with E-state index < -0.39 is 36.9 Å². The summed E-state index contributed by atoms with van der Waals surface area (Å²) in [5, 5.41) is 5.45. The second kappa shape index (κ2) is 12.9. The Hall–Kier alpha value is -3.01. The number of ether oxygens (including phenoxy) is 1. The van der Waals surface area contributed by atoms with Crippen molar-refractivity contribution in [3.63, 3.8) is 0 Å². The number of nitrogens with one attached hydrogen (secondary N) is 3. The SMILES string of the molecule is CC(C)(C)OC(=O)n1cnc2c(NCCC(F)(F)F)cc(Br)cc21.FC(F)(F)CCNc1cc(Br)cc2[nH]cnc12. The van der Waals surface area contributed by atoms with E-state index in [-0.39, 0.29) is 13.1 Å². The van der Waals surface area contributed by atoms with Crippen LogP contribution < -0.4 is 10.6 Å². The van der Waals surface area contributed by atoms with E-state index in [2.05, 4.69) is 57.4 Å². The number of rotatable bonds is 6. The second-order valence-corrected chi connectivity index (χ2v) is 11.6. The number of aromatic amines is 1. The predicted octanol–water partition coefficient (Wildman–Crippen LogP) is 8.64. The van der Waals surface area contributed by atoms with Crippen molar-refractivity contribution >= 4 is 71.4 Å². The van der Waals surface area contributed by atoms with Crippen LogP contribution in [-0.2, 0) is 4.74 Å². The molecule has 2 heterocycles. The van der Waals surface area contributed by atoms with Gasteiger partial charge >= 0.3 is 18.4 Å². The minimum atomic E-state index is -4.24. The van der Waals surface area contributed by atoms with Crippen molar-refractivity contribution in [3.8, 4) is 0 Å². The van der Waals surface area contributed by atoms with Gasteiger partial charge in [0.25, 0.3) is 0 Å². The first kappa shape index (κ1) is 32.5. The number of alkyl halides is 6. The lowest BCUT2D eigenvalue weighted by molar-refractivity contribution is -0.132. The van der Waals surface area contributed by atoms with Crippen molar-refractivity contribution in [1.29, 1.82) is 0 Å². The monoisotopic (exact) mass is 714 g/mol. The highest BCUT2D eigenvalue weighted by molar-refractivity contribution is 9.10. The number of benzene rings is 2. The van der Waals surface area contributed by atoms with Gasteiger partial charge in [-0.2, -0.15) is 26.3 Å². The number of carbonyl (C=O) groups excluding carboxylic acids is 1. The zero-order valence-electron chi connectivity index (χ0n) is 22.0. The number of aromatic nitrogens is 4. The molecule has 0 spiro atoms. The van der Waals surface area contributed by atoms with Crippen LogP contribution in [0.4, 0.5) is 42.5 Å². The lowest BCUT2D eigenvalue weighted by atomic mass is 10.2. The van der Waals surface area contributed by atoms with Gasteiger partial charge in [0.15, 0.2) is 0 Å². The molecule has 2 aromatic carbocycles. The van der Waals surface area contributed by atoms with E-state index in [4.69, 9.17) is 4.74 Å². The van der Waals surface area contributed by atoms with E-state index in [1.165, 1.54) is 17.2 Å². The lowest BCUT2D eigenvalue weighted by Gasteiger charge is -2.19. The third kappa shape index (κ3) is 10.1. The molecule has 4 aromatic rings. The van der Waals surface area contributed by atoms with E-state index in [0.29, 0.717) is 32.4 Å². The number of hydrogen-bond acceptors (Lipinski definition) is 6. The van der Waals surface area contributed by atoms with Crippen LogP contribution in [0.2, 0.25) is 0 Å². The zero-order chi connectivity index (χ0) is 30.6. The Morgan fingerprint density at radius 1 is 0.878 bits per heavy atom. The summed E-state index contributed by atoms with van der Waals surface area (Å²) in [6.07, 6.45) is -8.03. The molecule has 0 saturated heterocycles. The summed E-state index contributed by atoms with van der Waals surface area (Å²) in [4.78, 5) is 23.3. The van der Waals surface area contributed by atoms with Crippen LogP contribution in [-0.4, -0.2) is 56.7 Å². The van der Waals surface area contributed by atoms with Gasteiger partial charge in [0.1, 0.15) is 23.0 Å². The fourth-order valence-electron chi connectivity index (χ4n) is 3.50. The second-order valence-electron chi connectivity index (χ2n) is 9.75. The van der Waals surface area contributed by atoms with Gasteiger partial charge in [0, 0.05) is 22.0 Å². The van der Waals surface area contributed by atoms with Crippen molar-refractivity contribution < 1.29 is 35.9 Å². The van der Waals surface area contributed by atoms with E-state index in [1.807, 2.05) is 6.07 Å². The number of imidazole rings is 2. The molecule has 2 aromatic heterocycles. The maximum Gasteiger partial charge on any atom is 0.420 e. The molecule has 8 nitrogen and oxygen atoms in total. The number of anilines is 2. The van der Waals surface area contributed by atoms with Crippen LogP contribution in [0.1, 0.15) is 33.6 Å². The minimum Gasteiger partial charge on any atom is -0.443 e. The van der Waals surface area contributed by atoms with E-state index in [1.54, 1.807) is 39.0 Å². The molecule has 0 aliphatic heterocycles. The van der Waals surface area contributed by atoms with E-state index in [0.717, 1.165) is 9.99 Å². The topological polar surface area (TPSA) is 96.9 Å². The Balaban J connectivity index is 0.000000239. The number of halogens is 8. The Morgan fingerprint density at radius 3 is 1.95 bits per heavy atom. The standard InChI is InChI=1S/C15H17BrF3N3O2.C10H9BrF3N3/c1-14(2,3)24-13(23)22-8-21-12-10(6-9(16)7-11(12)22)20-5-4-15(17,18)19;11-6-3-7(15-2-1-10(12,13)14)9-8(4-6)16-5-17-9/h6-8,20H,4-5H2,1-3H3;3-5,15H,1-2H2,(H,16,17). The maximum atomic E-state index is 12.3. The van der Waals surface area contributed by atoms with Crippen molar-refractivity contribution in [2.75, 3.05) is 23.7 Å². The van der Waals surface area contributed by atoms with Crippen molar-refractivity contribution in [1.82, 2.24) is 19.5 Å². The highest BCUT2D eigenvalue weighted by Crippen LogP contribution is 2.29. The van der Waals surface area contributed by atoms with E-state index in [9.17, 15) is 31.1 Å². The summed E-state index contributed by atoms with van der Waals surface area (Å²) in [6, 6.07) is 6.79. The molecule has 0 saturated carbocycles. The van der Waals surface area contributed by atoms with Crippen LogP contribution in [0.25, 0.3) is 22.1 Å². The molecule has 4 rings (SSSR count). The smallest absolute Gasteiger partial charge is 0.420 e. The Morgan fingerprint density at radius 2 is 1.41 bits per heavy atom. The summed E-state index contributed by atoms with van der Waals surface area (Å²) >= 11 is 6.58. The maximum absolute atomic E-state index is 12.3. The van der Waals surface area contributed by atoms with Gasteiger partial charge in [-0.1, -0.05) is 31.9 Å². The molecule has 3 N–H and O–H groups in total. The number of hydrogen-bond donors (Lipinski definition) is 3. The predicted molar refractivity (Wildman–Crippen MR) is 151 cm³/mol. The van der Waals surface area contributed by atoms with Gasteiger partial charge in [0.05, 0.1) is 41.6 Å². The average Bonchev–Trinajstić information content (AvgIpc) is 3.43. The van der Waals surface area contributed by atoms with Gasteiger partial charge in [-0.3, -0.25) is 0 Å². The summed E-state index contributed by atoms with van der Waals surface area (Å²) in [5.41, 5.74) is 2.56. The molecule has 0 radical (unpaired) electrons. The van der Waals surface area contributed by atoms with Gasteiger partial charge in [-0.25, -0.2) is 19.3 Å². The average molecular weight is 716 g/mol. The van der Waals surface area contributed by atoms with Gasteiger partial charge < -0.3 is 20.4 Å². The molecule has 0 bridgehead atoms. The highest BCUT2D eigenvalue weighted by atomic mass is 79.9. The fourth-order valence-corrected chi connectivity index (χ4v) is 4.40. The summed E-state index contributed by atoms with van der Waals surface area (Å²) < 4.78 is 80.8. The minimum absolute atomic E-state index is 0.165. The molecular formula is C25H26Br2F6N6O2. The van der Waals surface area contributed by atoms with Crippen LogP contribution >= 0.6 is 31.9 Å². The Bertz CT molecular complexity index is 1490. The summed E-state index contributed by atoms with van der Waals surface area (Å²) in [6.45, 7) is 4.77. The molecule has 0 unspecified atom stereocenters. The van der Waals surface area contributed by atoms with Crippen LogP contribution in [0.3, 0.4) is 0 Å². The number of carbonyl (C=O) groups is 1. The van der Waals surface area contributed by atoms with Gasteiger partial charge in [-0.15, -0.1) is 0 Å². The van der Waals surface area contributed by atoms with Crippen molar-refractivity contribution in [2.24, 2.45) is 0 Å². The molecule has 0 aliphatic rings. The number of H-pyrrole nitrogens is 1. The quantitative estimate of drug-likeness (QED) is 0.173. The molecule has 41 heavy (non-hydrogen) atoms.